The van der Waals surface area contributed by atoms with Crippen LogP contribution in [-0.2, 0) is 12.0 Å². The first-order chi connectivity index (χ1) is 17.0. The maximum Gasteiger partial charge on any atom is 0.322 e. The summed E-state index contributed by atoms with van der Waals surface area (Å²) in [6.45, 7) is 3.64. The molecule has 0 atom stereocenters. The molecule has 2 aromatic carbocycles. The first-order valence-electron chi connectivity index (χ1n) is 11.9. The lowest BCUT2D eigenvalue weighted by atomic mass is 9.74. The number of hydrogen-bond acceptors (Lipinski definition) is 3. The molecule has 7 heteroatoms. The summed E-state index contributed by atoms with van der Waals surface area (Å²) in [5, 5.41) is 3.74. The van der Waals surface area contributed by atoms with Crippen LogP contribution in [0.25, 0.3) is 6.08 Å². The summed E-state index contributed by atoms with van der Waals surface area (Å²) in [5.74, 6) is -0.254. The molecule has 35 heavy (non-hydrogen) atoms. The Hall–Kier alpha value is -3.22. The molecule has 1 fully saturated rings. The fraction of sp³-hybridized carbons (Fsp3) is 0.286. The molecule has 1 N–H and O–H groups in total. The highest BCUT2D eigenvalue weighted by Crippen LogP contribution is 2.47. The number of hydrogen-bond donors (Lipinski definition) is 1. The number of halogens is 2. The van der Waals surface area contributed by atoms with Gasteiger partial charge in [0.05, 0.1) is 0 Å². The van der Waals surface area contributed by atoms with Crippen molar-refractivity contribution in [2.75, 3.05) is 31.1 Å². The fourth-order valence-corrected chi connectivity index (χ4v) is 5.23. The summed E-state index contributed by atoms with van der Waals surface area (Å²) in [6.07, 6.45) is 9.46. The summed E-state index contributed by atoms with van der Waals surface area (Å²) in [6, 6.07) is 16.2. The number of urea groups is 1. The van der Waals surface area contributed by atoms with Gasteiger partial charge in [0.2, 0.25) is 0 Å². The normalized spacial score (nSPS) is 17.1. The second-order valence-corrected chi connectivity index (χ2v) is 9.73. The van der Waals surface area contributed by atoms with E-state index in [9.17, 15) is 9.18 Å². The quantitative estimate of drug-likeness (QED) is 0.502. The van der Waals surface area contributed by atoms with Gasteiger partial charge in [0.1, 0.15) is 5.82 Å². The topological polar surface area (TPSA) is 48.5 Å². The third-order valence-corrected chi connectivity index (χ3v) is 7.33. The van der Waals surface area contributed by atoms with E-state index in [4.69, 9.17) is 11.6 Å². The maximum atomic E-state index is 14.3. The number of nitrogens with one attached hydrogen (secondary N) is 1. The summed E-state index contributed by atoms with van der Waals surface area (Å²) >= 11 is 5.96. The number of rotatable bonds is 5. The molecule has 1 spiro atoms. The van der Waals surface area contributed by atoms with Crippen LogP contribution in [0, 0.1) is 5.82 Å². The van der Waals surface area contributed by atoms with Crippen LogP contribution in [0.4, 0.5) is 14.9 Å². The van der Waals surface area contributed by atoms with Crippen LogP contribution in [0.15, 0.2) is 73.1 Å². The Balaban J connectivity index is 1.24. The molecule has 0 radical (unpaired) electrons. The van der Waals surface area contributed by atoms with Gasteiger partial charge in [0.15, 0.2) is 0 Å². The Morgan fingerprint density at radius 2 is 1.83 bits per heavy atom. The molecule has 2 amide bonds. The van der Waals surface area contributed by atoms with E-state index >= 15 is 0 Å². The Labute approximate surface area is 210 Å². The number of anilines is 1. The van der Waals surface area contributed by atoms with Crippen LogP contribution >= 0.6 is 11.6 Å². The van der Waals surface area contributed by atoms with Gasteiger partial charge in [0.25, 0.3) is 0 Å². The highest BCUT2D eigenvalue weighted by atomic mass is 35.5. The van der Waals surface area contributed by atoms with Crippen molar-refractivity contribution in [1.82, 2.24) is 15.2 Å². The second-order valence-electron chi connectivity index (χ2n) is 9.30. The standard InChI is InChI=1S/C28H28ClFN4O/c29-23-5-3-21(4-6-23)2-1-15-33-16-11-28(12-17-33)20-34(26-8-7-24(30)18-25(26)28)27(35)32-19-22-9-13-31-14-10-22/h1-10,13-14,18H,11-12,15-17,19-20H2,(H,32,35)/b2-1+. The van der Waals surface area contributed by atoms with Crippen molar-refractivity contribution in [3.8, 4) is 0 Å². The zero-order valence-electron chi connectivity index (χ0n) is 19.5. The van der Waals surface area contributed by atoms with Crippen LogP contribution in [0.1, 0.15) is 29.5 Å². The Morgan fingerprint density at radius 1 is 1.09 bits per heavy atom. The Bertz CT molecular complexity index is 1210. The Kier molecular flexibility index (Phi) is 6.84. The van der Waals surface area contributed by atoms with Crippen molar-refractivity contribution in [3.05, 3.63) is 101 Å². The van der Waals surface area contributed by atoms with Crippen LogP contribution in [0.3, 0.4) is 0 Å². The summed E-state index contributed by atoms with van der Waals surface area (Å²) in [5.41, 5.74) is 3.66. The number of amides is 2. The van der Waals surface area contributed by atoms with E-state index in [0.29, 0.717) is 13.1 Å². The van der Waals surface area contributed by atoms with E-state index in [0.717, 1.165) is 59.9 Å². The van der Waals surface area contributed by atoms with E-state index < -0.39 is 0 Å². The van der Waals surface area contributed by atoms with Gasteiger partial charge in [-0.2, -0.15) is 0 Å². The number of fused-ring (bicyclic) bond motifs is 2. The molecule has 5 rings (SSSR count). The number of carbonyl (C=O) groups is 1. The van der Waals surface area contributed by atoms with Crippen molar-refractivity contribution in [2.24, 2.45) is 0 Å². The van der Waals surface area contributed by atoms with Gasteiger partial charge < -0.3 is 5.32 Å². The van der Waals surface area contributed by atoms with Gasteiger partial charge >= 0.3 is 6.03 Å². The molecule has 180 valence electrons. The minimum absolute atomic E-state index is 0.153. The molecule has 3 heterocycles. The van der Waals surface area contributed by atoms with Gasteiger partial charge in [-0.15, -0.1) is 0 Å². The number of nitrogens with zero attached hydrogens (tertiary/aromatic N) is 3. The zero-order valence-corrected chi connectivity index (χ0v) is 20.2. The summed E-state index contributed by atoms with van der Waals surface area (Å²) < 4.78 is 14.3. The smallest absolute Gasteiger partial charge is 0.322 e. The molecule has 2 aliphatic rings. The van der Waals surface area contributed by atoms with Gasteiger partial charge in [-0.05, 0) is 85.1 Å². The first kappa shape index (κ1) is 23.5. The van der Waals surface area contributed by atoms with Gasteiger partial charge in [0, 0.05) is 48.2 Å². The van der Waals surface area contributed by atoms with Gasteiger partial charge in [-0.25, -0.2) is 9.18 Å². The third kappa shape index (κ3) is 5.24. The average molecular weight is 491 g/mol. The monoisotopic (exact) mass is 490 g/mol. The summed E-state index contributed by atoms with van der Waals surface area (Å²) in [7, 11) is 0. The maximum absolute atomic E-state index is 14.3. The molecule has 3 aromatic rings. The zero-order chi connectivity index (χ0) is 24.3. The molecule has 0 unspecified atom stereocenters. The van der Waals surface area contributed by atoms with E-state index in [1.165, 1.54) is 6.07 Å². The van der Waals surface area contributed by atoms with Crippen LogP contribution in [-0.4, -0.2) is 42.1 Å². The molecular weight excluding hydrogens is 463 g/mol. The average Bonchev–Trinajstić information content (AvgIpc) is 3.19. The van der Waals surface area contributed by atoms with E-state index in [1.807, 2.05) is 36.4 Å². The second kappa shape index (κ2) is 10.2. The minimum atomic E-state index is -0.254. The predicted octanol–water partition coefficient (Wildman–Crippen LogP) is 5.65. The number of carbonyl (C=O) groups excluding carboxylic acids is 1. The Morgan fingerprint density at radius 3 is 2.57 bits per heavy atom. The van der Waals surface area contributed by atoms with Crippen molar-refractivity contribution in [1.29, 1.82) is 0 Å². The predicted molar refractivity (Wildman–Crippen MR) is 138 cm³/mol. The number of benzene rings is 2. The lowest BCUT2D eigenvalue weighted by Gasteiger charge is -2.39. The molecular formula is C28H28ClFN4O. The molecule has 1 aromatic heterocycles. The van der Waals surface area contributed by atoms with Gasteiger partial charge in [-0.1, -0.05) is 35.9 Å². The van der Waals surface area contributed by atoms with E-state index in [1.54, 1.807) is 29.4 Å². The number of aromatic nitrogens is 1. The van der Waals surface area contributed by atoms with Gasteiger partial charge in [-0.3, -0.25) is 14.8 Å². The van der Waals surface area contributed by atoms with E-state index in [2.05, 4.69) is 27.4 Å². The summed E-state index contributed by atoms with van der Waals surface area (Å²) in [4.78, 5) is 21.3. The molecule has 5 nitrogen and oxygen atoms in total. The van der Waals surface area contributed by atoms with E-state index in [-0.39, 0.29) is 17.3 Å². The van der Waals surface area contributed by atoms with Crippen LogP contribution in [0.2, 0.25) is 5.02 Å². The molecule has 0 bridgehead atoms. The minimum Gasteiger partial charge on any atom is -0.334 e. The van der Waals surface area contributed by atoms with Crippen LogP contribution in [0.5, 0.6) is 0 Å². The largest absolute Gasteiger partial charge is 0.334 e. The number of pyridine rings is 1. The number of likely N-dealkylation sites (tertiary alicyclic amines) is 1. The van der Waals surface area contributed by atoms with Crippen molar-refractivity contribution in [3.63, 3.8) is 0 Å². The van der Waals surface area contributed by atoms with Crippen molar-refractivity contribution in [2.45, 2.75) is 24.8 Å². The highest BCUT2D eigenvalue weighted by molar-refractivity contribution is 6.30. The highest BCUT2D eigenvalue weighted by Gasteiger charge is 2.46. The lowest BCUT2D eigenvalue weighted by molar-refractivity contribution is 0.180. The fourth-order valence-electron chi connectivity index (χ4n) is 5.10. The molecule has 1 saturated heterocycles. The van der Waals surface area contributed by atoms with Crippen LogP contribution < -0.4 is 10.2 Å². The first-order valence-corrected chi connectivity index (χ1v) is 12.3. The van der Waals surface area contributed by atoms with Crippen molar-refractivity contribution >= 4 is 29.4 Å². The molecule has 0 saturated carbocycles. The lowest BCUT2D eigenvalue weighted by Crippen LogP contribution is -2.47. The number of piperidine rings is 1. The molecule has 0 aliphatic carbocycles. The SMILES string of the molecule is O=C(NCc1ccncc1)N1CC2(CCN(C/C=C/c3ccc(Cl)cc3)CC2)c2cc(F)ccc21. The molecule has 2 aliphatic heterocycles. The third-order valence-electron chi connectivity index (χ3n) is 7.08. The van der Waals surface area contributed by atoms with Crippen molar-refractivity contribution < 1.29 is 9.18 Å².